The summed E-state index contributed by atoms with van der Waals surface area (Å²) in [6, 6.07) is 5.17. The third-order valence-corrected chi connectivity index (χ3v) is 3.00. The van der Waals surface area contributed by atoms with Crippen LogP contribution in [0.15, 0.2) is 17.0 Å². The second-order valence-corrected chi connectivity index (χ2v) is 3.85. The van der Waals surface area contributed by atoms with Gasteiger partial charge in [-0.2, -0.15) is 5.26 Å². The number of hydrogen-bond donors (Lipinski definition) is 1. The number of hydrogen-bond acceptors (Lipinski definition) is 4. The number of esters is 1. The molecule has 0 radical (unpaired) electrons. The topological polar surface area (TPSA) is 50.1 Å². The van der Waals surface area contributed by atoms with Gasteiger partial charge in [0, 0.05) is 4.90 Å². The molecule has 0 saturated carbocycles. The fourth-order valence-corrected chi connectivity index (χ4v) is 1.70. The molecule has 0 N–H and O–H groups in total. The monoisotopic (exact) mass is 255 g/mol. The minimum atomic E-state index is -0.335. The molecule has 0 aliphatic heterocycles. The van der Waals surface area contributed by atoms with Crippen LogP contribution in [0.5, 0.6) is 0 Å². The molecular weight excluding hydrogens is 246 g/mol. The van der Waals surface area contributed by atoms with Crippen molar-refractivity contribution in [2.24, 2.45) is 0 Å². The number of ether oxygens (including phenoxy) is 1. The average molecular weight is 256 g/mol. The summed E-state index contributed by atoms with van der Waals surface area (Å²) in [6.45, 7) is 2.08. The normalized spacial score (nSPS) is 9.62. The van der Waals surface area contributed by atoms with Crippen molar-refractivity contribution >= 4 is 30.2 Å². The van der Waals surface area contributed by atoms with Gasteiger partial charge in [0.2, 0.25) is 0 Å². The molecule has 1 rings (SSSR count). The van der Waals surface area contributed by atoms with E-state index < -0.39 is 0 Å². The molecule has 84 valence electrons. The Hall–Kier alpha value is -1.18. The summed E-state index contributed by atoms with van der Waals surface area (Å²) in [6.07, 6.45) is 0.109. The predicted molar refractivity (Wildman–Crippen MR) is 63.8 cm³/mol. The highest BCUT2D eigenvalue weighted by atomic mass is 35.5. The standard InChI is InChI=1S/C11H10ClNO2S/c1-2-15-9(14)5-7-3-4-8(6-13)10(12)11(7)16/h3-4,16H,2,5H2,1H3. The third kappa shape index (κ3) is 2.91. The minimum Gasteiger partial charge on any atom is -0.466 e. The molecule has 1 aromatic rings. The lowest BCUT2D eigenvalue weighted by molar-refractivity contribution is -0.142. The van der Waals surface area contributed by atoms with Crippen molar-refractivity contribution in [2.75, 3.05) is 6.61 Å². The van der Waals surface area contributed by atoms with Gasteiger partial charge in [0.05, 0.1) is 23.6 Å². The highest BCUT2D eigenvalue weighted by molar-refractivity contribution is 7.80. The molecule has 0 amide bonds. The number of benzene rings is 1. The van der Waals surface area contributed by atoms with Crippen LogP contribution >= 0.6 is 24.2 Å². The molecule has 0 aromatic heterocycles. The van der Waals surface area contributed by atoms with Gasteiger partial charge in [-0.25, -0.2) is 0 Å². The lowest BCUT2D eigenvalue weighted by Crippen LogP contribution is -2.08. The molecule has 0 unspecified atom stereocenters. The Labute approximate surface area is 104 Å². The van der Waals surface area contributed by atoms with E-state index in [0.29, 0.717) is 22.6 Å². The molecule has 16 heavy (non-hydrogen) atoms. The van der Waals surface area contributed by atoms with Crippen molar-refractivity contribution in [3.63, 3.8) is 0 Å². The van der Waals surface area contributed by atoms with Gasteiger partial charge < -0.3 is 4.74 Å². The highest BCUT2D eigenvalue weighted by Crippen LogP contribution is 2.28. The molecule has 0 bridgehead atoms. The summed E-state index contributed by atoms with van der Waals surface area (Å²) >= 11 is 10.1. The Morgan fingerprint density at radius 3 is 2.88 bits per heavy atom. The quantitative estimate of drug-likeness (QED) is 0.667. The highest BCUT2D eigenvalue weighted by Gasteiger charge is 2.12. The van der Waals surface area contributed by atoms with E-state index in [0.717, 1.165) is 0 Å². The fraction of sp³-hybridized carbons (Fsp3) is 0.273. The van der Waals surface area contributed by atoms with Crippen molar-refractivity contribution in [1.82, 2.24) is 0 Å². The number of rotatable bonds is 3. The Morgan fingerprint density at radius 1 is 1.62 bits per heavy atom. The number of thiol groups is 1. The minimum absolute atomic E-state index is 0.109. The van der Waals surface area contributed by atoms with Gasteiger partial charge in [0.15, 0.2) is 0 Å². The van der Waals surface area contributed by atoms with Crippen LogP contribution < -0.4 is 0 Å². The number of halogens is 1. The van der Waals surface area contributed by atoms with Gasteiger partial charge in [-0.05, 0) is 18.6 Å². The summed E-state index contributed by atoms with van der Waals surface area (Å²) in [5.41, 5.74) is 1.00. The molecule has 0 aliphatic rings. The molecule has 5 heteroatoms. The molecule has 0 saturated heterocycles. The molecular formula is C11H10ClNO2S. The molecule has 0 fully saturated rings. The first kappa shape index (κ1) is 12.9. The van der Waals surface area contributed by atoms with Crippen LogP contribution in [-0.2, 0) is 16.0 Å². The van der Waals surface area contributed by atoms with Crippen molar-refractivity contribution in [3.8, 4) is 6.07 Å². The first-order valence-corrected chi connectivity index (χ1v) is 5.48. The van der Waals surface area contributed by atoms with Gasteiger partial charge in [0.1, 0.15) is 6.07 Å². The van der Waals surface area contributed by atoms with E-state index in [4.69, 9.17) is 21.6 Å². The lowest BCUT2D eigenvalue weighted by atomic mass is 10.1. The Morgan fingerprint density at radius 2 is 2.31 bits per heavy atom. The lowest BCUT2D eigenvalue weighted by Gasteiger charge is -2.07. The molecule has 3 nitrogen and oxygen atoms in total. The number of carbonyl (C=O) groups excluding carboxylic acids is 1. The maximum absolute atomic E-state index is 11.3. The summed E-state index contributed by atoms with van der Waals surface area (Å²) in [5, 5.41) is 9.01. The van der Waals surface area contributed by atoms with E-state index in [-0.39, 0.29) is 17.4 Å². The Kier molecular flexibility index (Phi) is 4.66. The largest absolute Gasteiger partial charge is 0.466 e. The smallest absolute Gasteiger partial charge is 0.310 e. The maximum atomic E-state index is 11.3. The van der Waals surface area contributed by atoms with Gasteiger partial charge in [-0.3, -0.25) is 4.79 Å². The van der Waals surface area contributed by atoms with E-state index in [1.165, 1.54) is 0 Å². The third-order valence-electron chi connectivity index (χ3n) is 1.96. The molecule has 0 spiro atoms. The van der Waals surface area contributed by atoms with Gasteiger partial charge in [-0.15, -0.1) is 12.6 Å². The van der Waals surface area contributed by atoms with Crippen molar-refractivity contribution in [1.29, 1.82) is 5.26 Å². The van der Waals surface area contributed by atoms with Crippen molar-refractivity contribution in [2.45, 2.75) is 18.2 Å². The van der Waals surface area contributed by atoms with E-state index >= 15 is 0 Å². The summed E-state index contributed by atoms with van der Waals surface area (Å²) in [5.74, 6) is -0.335. The summed E-state index contributed by atoms with van der Waals surface area (Å²) in [4.78, 5) is 11.7. The van der Waals surface area contributed by atoms with Crippen LogP contribution in [0.25, 0.3) is 0 Å². The number of carbonyl (C=O) groups is 1. The van der Waals surface area contributed by atoms with Crippen LogP contribution in [0, 0.1) is 11.3 Å². The van der Waals surface area contributed by atoms with Gasteiger partial charge >= 0.3 is 5.97 Å². The molecule has 0 heterocycles. The zero-order valence-electron chi connectivity index (χ0n) is 8.66. The second kappa shape index (κ2) is 5.78. The van der Waals surface area contributed by atoms with Gasteiger partial charge in [-0.1, -0.05) is 17.7 Å². The van der Waals surface area contributed by atoms with Gasteiger partial charge in [0.25, 0.3) is 0 Å². The SMILES string of the molecule is CCOC(=O)Cc1ccc(C#N)c(Cl)c1S. The Balaban J connectivity index is 2.96. The molecule has 1 aromatic carbocycles. The van der Waals surface area contributed by atoms with Crippen LogP contribution in [0.4, 0.5) is 0 Å². The van der Waals surface area contributed by atoms with Crippen LogP contribution in [-0.4, -0.2) is 12.6 Å². The first-order valence-electron chi connectivity index (χ1n) is 4.66. The molecule has 0 atom stereocenters. The molecule has 0 aliphatic carbocycles. The predicted octanol–water partition coefficient (Wildman–Crippen LogP) is 2.61. The summed E-state index contributed by atoms with van der Waals surface area (Å²) < 4.78 is 4.82. The van der Waals surface area contributed by atoms with Crippen molar-refractivity contribution in [3.05, 3.63) is 28.3 Å². The first-order chi connectivity index (χ1) is 7.60. The van der Waals surface area contributed by atoms with Crippen molar-refractivity contribution < 1.29 is 9.53 Å². The van der Waals surface area contributed by atoms with E-state index in [1.807, 2.05) is 6.07 Å². The number of nitrogens with zero attached hydrogens (tertiary/aromatic N) is 1. The van der Waals surface area contributed by atoms with Crippen LogP contribution in [0.2, 0.25) is 5.02 Å². The zero-order chi connectivity index (χ0) is 12.1. The van der Waals surface area contributed by atoms with E-state index in [2.05, 4.69) is 12.6 Å². The average Bonchev–Trinajstić information content (AvgIpc) is 2.25. The zero-order valence-corrected chi connectivity index (χ0v) is 10.3. The van der Waals surface area contributed by atoms with Crippen LogP contribution in [0.3, 0.4) is 0 Å². The fourth-order valence-electron chi connectivity index (χ4n) is 1.20. The van der Waals surface area contributed by atoms with E-state index in [1.54, 1.807) is 19.1 Å². The van der Waals surface area contributed by atoms with Crippen LogP contribution in [0.1, 0.15) is 18.1 Å². The maximum Gasteiger partial charge on any atom is 0.310 e. The second-order valence-electron chi connectivity index (χ2n) is 3.03. The Bertz CT molecular complexity index is 454. The number of nitriles is 1. The summed E-state index contributed by atoms with van der Waals surface area (Å²) in [7, 11) is 0. The van der Waals surface area contributed by atoms with E-state index in [9.17, 15) is 4.79 Å².